The minimum absolute atomic E-state index is 0.153. The molecule has 0 radical (unpaired) electrons. The van der Waals surface area contributed by atoms with Crippen molar-refractivity contribution in [1.82, 2.24) is 10.2 Å². The predicted molar refractivity (Wildman–Crippen MR) is 79.8 cm³/mol. The lowest BCUT2D eigenvalue weighted by atomic mass is 10.1. The number of nitrogens with one attached hydrogen (secondary N) is 1. The summed E-state index contributed by atoms with van der Waals surface area (Å²) >= 11 is 11.8. The first-order valence-electron chi connectivity index (χ1n) is 6.16. The van der Waals surface area contributed by atoms with Crippen LogP contribution in [0.25, 0.3) is 6.08 Å². The van der Waals surface area contributed by atoms with Crippen molar-refractivity contribution in [3.63, 3.8) is 0 Å². The lowest BCUT2D eigenvalue weighted by molar-refractivity contribution is -0.147. The number of rotatable bonds is 2. The molecule has 3 amide bonds. The van der Waals surface area contributed by atoms with E-state index in [2.05, 4.69) is 5.32 Å². The van der Waals surface area contributed by atoms with E-state index in [-0.39, 0.29) is 6.54 Å². The van der Waals surface area contributed by atoms with Crippen LogP contribution in [0.1, 0.15) is 12.5 Å². The third-order valence-corrected chi connectivity index (χ3v) is 3.65. The molecular weight excluding hydrogens is 315 g/mol. The molecule has 0 aliphatic carbocycles. The summed E-state index contributed by atoms with van der Waals surface area (Å²) in [6.07, 6.45) is 2.76. The highest BCUT2D eigenvalue weighted by atomic mass is 35.5. The van der Waals surface area contributed by atoms with Gasteiger partial charge < -0.3 is 4.90 Å². The number of nitrogens with zero attached hydrogens (tertiary/aromatic N) is 1. The molecule has 1 aliphatic heterocycles. The van der Waals surface area contributed by atoms with Gasteiger partial charge in [-0.25, -0.2) is 0 Å². The van der Waals surface area contributed by atoms with Gasteiger partial charge in [-0.05, 0) is 36.8 Å². The number of hydrogen-bond donors (Lipinski definition) is 1. The number of carbonyl (C=O) groups is 3. The lowest BCUT2D eigenvalue weighted by Crippen LogP contribution is -2.58. The molecule has 110 valence electrons. The summed E-state index contributed by atoms with van der Waals surface area (Å²) in [5, 5.41) is 3.11. The number of imide groups is 1. The fourth-order valence-corrected chi connectivity index (χ4v) is 2.24. The summed E-state index contributed by atoms with van der Waals surface area (Å²) in [5.74, 6) is -1.43. The number of benzene rings is 1. The molecule has 0 saturated carbocycles. The maximum Gasteiger partial charge on any atom is 0.249 e. The van der Waals surface area contributed by atoms with Crippen LogP contribution in [0, 0.1) is 0 Å². The minimum Gasteiger partial charge on any atom is -0.318 e. The van der Waals surface area contributed by atoms with Gasteiger partial charge in [0.25, 0.3) is 0 Å². The maximum atomic E-state index is 12.1. The summed E-state index contributed by atoms with van der Waals surface area (Å²) in [7, 11) is 0. The van der Waals surface area contributed by atoms with Gasteiger partial charge in [0, 0.05) is 16.1 Å². The smallest absolute Gasteiger partial charge is 0.249 e. The van der Waals surface area contributed by atoms with Gasteiger partial charge in [0.05, 0.1) is 0 Å². The first kappa shape index (κ1) is 15.5. The fraction of sp³-hybridized carbons (Fsp3) is 0.214. The maximum absolute atomic E-state index is 12.1. The van der Waals surface area contributed by atoms with E-state index in [1.807, 2.05) is 0 Å². The van der Waals surface area contributed by atoms with Crippen LogP contribution < -0.4 is 5.32 Å². The van der Waals surface area contributed by atoms with Crippen LogP contribution >= 0.6 is 23.2 Å². The molecule has 5 nitrogen and oxygen atoms in total. The summed E-state index contributed by atoms with van der Waals surface area (Å²) in [6.45, 7) is 1.40. The topological polar surface area (TPSA) is 66.5 Å². The van der Waals surface area contributed by atoms with E-state index in [0.29, 0.717) is 15.6 Å². The zero-order valence-electron chi connectivity index (χ0n) is 11.1. The van der Waals surface area contributed by atoms with Gasteiger partial charge in [-0.3, -0.25) is 19.7 Å². The summed E-state index contributed by atoms with van der Waals surface area (Å²) in [6, 6.07) is 4.17. The monoisotopic (exact) mass is 326 g/mol. The SMILES string of the molecule is CC1C(=O)NC(=O)CN1C(=O)C=Cc1cc(Cl)ccc1Cl. The second kappa shape index (κ2) is 6.28. The third-order valence-electron chi connectivity index (χ3n) is 3.07. The van der Waals surface area contributed by atoms with Crippen LogP contribution in [0.5, 0.6) is 0 Å². The summed E-state index contributed by atoms with van der Waals surface area (Å²) in [5.41, 5.74) is 0.581. The van der Waals surface area contributed by atoms with E-state index in [4.69, 9.17) is 23.2 Å². The van der Waals surface area contributed by atoms with Gasteiger partial charge >= 0.3 is 0 Å². The second-order valence-corrected chi connectivity index (χ2v) is 5.40. The Kier molecular flexibility index (Phi) is 4.65. The standard InChI is InChI=1S/C14H12Cl2N2O3/c1-8-14(21)17-12(19)7-18(8)13(20)5-2-9-6-10(15)3-4-11(9)16/h2-6,8H,7H2,1H3,(H,17,19,21). The molecule has 0 bridgehead atoms. The Hall–Kier alpha value is -1.85. The van der Waals surface area contributed by atoms with E-state index < -0.39 is 23.8 Å². The molecule has 1 aromatic carbocycles. The molecule has 1 heterocycles. The molecule has 1 aliphatic rings. The first-order chi connectivity index (χ1) is 9.88. The van der Waals surface area contributed by atoms with Crippen molar-refractivity contribution in [2.75, 3.05) is 6.54 Å². The fourth-order valence-electron chi connectivity index (χ4n) is 1.88. The van der Waals surface area contributed by atoms with Crippen molar-refractivity contribution in [2.24, 2.45) is 0 Å². The average Bonchev–Trinajstić information content (AvgIpc) is 2.43. The van der Waals surface area contributed by atoms with Crippen molar-refractivity contribution in [1.29, 1.82) is 0 Å². The Labute approximate surface area is 131 Å². The zero-order chi connectivity index (χ0) is 15.6. The molecule has 1 N–H and O–H groups in total. The highest BCUT2D eigenvalue weighted by Gasteiger charge is 2.32. The van der Waals surface area contributed by atoms with Gasteiger partial charge in [-0.15, -0.1) is 0 Å². The quantitative estimate of drug-likeness (QED) is 0.666. The van der Waals surface area contributed by atoms with Crippen LogP contribution in [-0.4, -0.2) is 35.2 Å². The van der Waals surface area contributed by atoms with Crippen LogP contribution in [0.2, 0.25) is 10.0 Å². The molecule has 0 spiro atoms. The van der Waals surface area contributed by atoms with Gasteiger partial charge in [0.2, 0.25) is 17.7 Å². The Morgan fingerprint density at radius 2 is 2.10 bits per heavy atom. The number of amides is 3. The van der Waals surface area contributed by atoms with Crippen LogP contribution in [0.4, 0.5) is 0 Å². The Morgan fingerprint density at radius 1 is 1.38 bits per heavy atom. The molecule has 1 saturated heterocycles. The van der Waals surface area contributed by atoms with Crippen LogP contribution in [0.3, 0.4) is 0 Å². The molecule has 7 heteroatoms. The Morgan fingerprint density at radius 3 is 2.81 bits per heavy atom. The molecule has 2 rings (SSSR count). The van der Waals surface area contributed by atoms with Crippen molar-refractivity contribution in [3.8, 4) is 0 Å². The average molecular weight is 327 g/mol. The molecule has 0 aromatic heterocycles. The number of hydrogen-bond acceptors (Lipinski definition) is 3. The van der Waals surface area contributed by atoms with Crippen molar-refractivity contribution >= 4 is 47.0 Å². The lowest BCUT2D eigenvalue weighted by Gasteiger charge is -2.30. The molecule has 1 fully saturated rings. The number of halogens is 2. The van der Waals surface area contributed by atoms with E-state index in [1.165, 1.54) is 17.1 Å². The zero-order valence-corrected chi connectivity index (χ0v) is 12.6. The highest BCUT2D eigenvalue weighted by molar-refractivity contribution is 6.34. The molecule has 1 unspecified atom stereocenters. The second-order valence-electron chi connectivity index (χ2n) is 4.55. The first-order valence-corrected chi connectivity index (χ1v) is 6.91. The number of piperazine rings is 1. The largest absolute Gasteiger partial charge is 0.318 e. The summed E-state index contributed by atoms with van der Waals surface area (Å²) < 4.78 is 0. The Balaban J connectivity index is 2.17. The Bertz CT molecular complexity index is 643. The molecule has 1 aromatic rings. The van der Waals surface area contributed by atoms with Gasteiger partial charge in [-0.2, -0.15) is 0 Å². The van der Waals surface area contributed by atoms with Gasteiger partial charge in [-0.1, -0.05) is 23.2 Å². The minimum atomic E-state index is -0.699. The molecule has 1 atom stereocenters. The van der Waals surface area contributed by atoms with E-state index >= 15 is 0 Å². The van der Waals surface area contributed by atoms with Crippen molar-refractivity contribution in [3.05, 3.63) is 39.9 Å². The van der Waals surface area contributed by atoms with E-state index in [9.17, 15) is 14.4 Å². The van der Waals surface area contributed by atoms with Crippen molar-refractivity contribution < 1.29 is 14.4 Å². The van der Waals surface area contributed by atoms with Crippen molar-refractivity contribution in [2.45, 2.75) is 13.0 Å². The van der Waals surface area contributed by atoms with Crippen LogP contribution in [-0.2, 0) is 14.4 Å². The number of carbonyl (C=O) groups excluding carboxylic acids is 3. The molecular formula is C14H12Cl2N2O3. The normalized spacial score (nSPS) is 19.0. The predicted octanol–water partition coefficient (Wildman–Crippen LogP) is 1.88. The van der Waals surface area contributed by atoms with Gasteiger partial charge in [0.15, 0.2) is 0 Å². The van der Waals surface area contributed by atoms with E-state index in [1.54, 1.807) is 25.1 Å². The summed E-state index contributed by atoms with van der Waals surface area (Å²) in [4.78, 5) is 36.1. The van der Waals surface area contributed by atoms with Gasteiger partial charge in [0.1, 0.15) is 12.6 Å². The highest BCUT2D eigenvalue weighted by Crippen LogP contribution is 2.22. The van der Waals surface area contributed by atoms with Crippen LogP contribution in [0.15, 0.2) is 24.3 Å². The molecule has 21 heavy (non-hydrogen) atoms. The third kappa shape index (κ3) is 3.62. The van der Waals surface area contributed by atoms with E-state index in [0.717, 1.165) is 0 Å².